The predicted molar refractivity (Wildman–Crippen MR) is 87.0 cm³/mol. The van der Waals surface area contributed by atoms with Crippen molar-refractivity contribution in [3.8, 4) is 23.0 Å². The van der Waals surface area contributed by atoms with Crippen molar-refractivity contribution >= 4 is 11.6 Å². The zero-order valence-electron chi connectivity index (χ0n) is 13.5. The van der Waals surface area contributed by atoms with Crippen LogP contribution in [0.1, 0.15) is 10.4 Å². The topological polar surface area (TPSA) is 66.0 Å². The molecule has 0 fully saturated rings. The fourth-order valence-corrected chi connectivity index (χ4v) is 2.08. The summed E-state index contributed by atoms with van der Waals surface area (Å²) in [5.41, 5.74) is 0.994. The minimum absolute atomic E-state index is 0.312. The lowest BCUT2D eigenvalue weighted by Gasteiger charge is -2.14. The fraction of sp³-hybridized carbons (Fsp3) is 0.235. The molecule has 0 unspecified atom stereocenters. The number of benzene rings is 2. The molecular weight excluding hydrogens is 298 g/mol. The van der Waals surface area contributed by atoms with Crippen molar-refractivity contribution in [2.75, 3.05) is 33.8 Å². The molecule has 2 rings (SSSR count). The maximum atomic E-state index is 12.5. The number of rotatable bonds is 6. The van der Waals surface area contributed by atoms with E-state index in [4.69, 9.17) is 18.9 Å². The second-order valence-corrected chi connectivity index (χ2v) is 4.59. The molecule has 2 aromatic rings. The van der Waals surface area contributed by atoms with Crippen LogP contribution in [0.15, 0.2) is 36.4 Å². The van der Waals surface area contributed by atoms with Crippen LogP contribution in [-0.4, -0.2) is 34.3 Å². The Morgan fingerprint density at radius 2 is 1.35 bits per heavy atom. The summed E-state index contributed by atoms with van der Waals surface area (Å²) in [5, 5.41) is 2.80. The van der Waals surface area contributed by atoms with Crippen molar-refractivity contribution in [2.24, 2.45) is 0 Å². The summed E-state index contributed by atoms with van der Waals surface area (Å²) >= 11 is 0. The fourth-order valence-electron chi connectivity index (χ4n) is 2.08. The lowest BCUT2D eigenvalue weighted by molar-refractivity contribution is 0.102. The van der Waals surface area contributed by atoms with Crippen molar-refractivity contribution in [2.45, 2.75) is 0 Å². The van der Waals surface area contributed by atoms with E-state index >= 15 is 0 Å². The number of hydrogen-bond donors (Lipinski definition) is 1. The molecule has 0 saturated carbocycles. The second kappa shape index (κ2) is 7.40. The van der Waals surface area contributed by atoms with Crippen molar-refractivity contribution < 1.29 is 23.7 Å². The quantitative estimate of drug-likeness (QED) is 0.887. The third-order valence-electron chi connectivity index (χ3n) is 3.30. The van der Waals surface area contributed by atoms with Gasteiger partial charge in [0.15, 0.2) is 11.5 Å². The Kier molecular flexibility index (Phi) is 5.30. The largest absolute Gasteiger partial charge is 0.497 e. The molecule has 0 atom stereocenters. The summed E-state index contributed by atoms with van der Waals surface area (Å²) in [4.78, 5) is 12.5. The van der Waals surface area contributed by atoms with E-state index in [1.165, 1.54) is 21.3 Å². The number of hydrogen-bond acceptors (Lipinski definition) is 5. The molecule has 1 amide bonds. The van der Waals surface area contributed by atoms with Gasteiger partial charge in [-0.1, -0.05) is 0 Å². The Labute approximate surface area is 134 Å². The summed E-state index contributed by atoms with van der Waals surface area (Å²) in [7, 11) is 6.11. The van der Waals surface area contributed by atoms with Crippen LogP contribution in [0.5, 0.6) is 23.0 Å². The molecular formula is C17H19NO5. The molecule has 0 aliphatic rings. The van der Waals surface area contributed by atoms with Gasteiger partial charge in [-0.25, -0.2) is 0 Å². The molecule has 0 radical (unpaired) electrons. The Balaban J connectivity index is 2.29. The second-order valence-electron chi connectivity index (χ2n) is 4.59. The van der Waals surface area contributed by atoms with Crippen LogP contribution in [0.3, 0.4) is 0 Å². The molecule has 1 N–H and O–H groups in total. The van der Waals surface area contributed by atoms with Gasteiger partial charge in [0.25, 0.3) is 5.91 Å². The van der Waals surface area contributed by atoms with Gasteiger partial charge in [-0.2, -0.15) is 0 Å². The lowest BCUT2D eigenvalue weighted by Crippen LogP contribution is -2.13. The third kappa shape index (κ3) is 3.66. The van der Waals surface area contributed by atoms with E-state index in [1.807, 2.05) is 0 Å². The number of methoxy groups -OCH3 is 4. The molecule has 0 saturated heterocycles. The first kappa shape index (κ1) is 16.5. The van der Waals surface area contributed by atoms with Crippen LogP contribution in [0.4, 0.5) is 5.69 Å². The first-order chi connectivity index (χ1) is 11.1. The summed E-state index contributed by atoms with van der Waals surface area (Å²) < 4.78 is 20.8. The summed E-state index contributed by atoms with van der Waals surface area (Å²) in [6.07, 6.45) is 0. The molecule has 0 spiro atoms. The lowest BCUT2D eigenvalue weighted by atomic mass is 10.1. The van der Waals surface area contributed by atoms with E-state index in [0.717, 1.165) is 0 Å². The van der Waals surface area contributed by atoms with Gasteiger partial charge in [-0.05, 0) is 24.3 Å². The summed E-state index contributed by atoms with van der Waals surface area (Å²) in [6, 6.07) is 10.2. The van der Waals surface area contributed by atoms with Crippen LogP contribution in [0.25, 0.3) is 0 Å². The standard InChI is InChI=1S/C17H19NO5/c1-20-12-7-5-11(6-8-12)18-17(19)13-9-15(22-3)16(23-4)10-14(13)21-2/h5-10H,1-4H3,(H,18,19). The van der Waals surface area contributed by atoms with Gasteiger partial charge in [0.05, 0.1) is 34.0 Å². The summed E-state index contributed by atoms with van der Waals surface area (Å²) in [5.74, 6) is 1.74. The van der Waals surface area contributed by atoms with Gasteiger partial charge in [0, 0.05) is 17.8 Å². The Hall–Kier alpha value is -2.89. The van der Waals surface area contributed by atoms with Crippen LogP contribution in [0, 0.1) is 0 Å². The SMILES string of the molecule is COc1ccc(NC(=O)c2cc(OC)c(OC)cc2OC)cc1. The van der Waals surface area contributed by atoms with Gasteiger partial charge in [0.2, 0.25) is 0 Å². The highest BCUT2D eigenvalue weighted by Gasteiger charge is 2.17. The molecule has 6 heteroatoms. The number of carbonyl (C=O) groups excluding carboxylic acids is 1. The number of anilines is 1. The molecule has 6 nitrogen and oxygen atoms in total. The highest BCUT2D eigenvalue weighted by molar-refractivity contribution is 6.06. The van der Waals surface area contributed by atoms with Crippen LogP contribution >= 0.6 is 0 Å². The van der Waals surface area contributed by atoms with Crippen molar-refractivity contribution in [3.05, 3.63) is 42.0 Å². The van der Waals surface area contributed by atoms with Crippen LogP contribution in [-0.2, 0) is 0 Å². The van der Waals surface area contributed by atoms with Crippen molar-refractivity contribution in [1.29, 1.82) is 0 Å². The number of ether oxygens (including phenoxy) is 4. The highest BCUT2D eigenvalue weighted by atomic mass is 16.5. The molecule has 23 heavy (non-hydrogen) atoms. The molecule has 0 aliphatic heterocycles. The molecule has 0 aliphatic carbocycles. The number of carbonyl (C=O) groups is 1. The van der Waals surface area contributed by atoms with Crippen molar-refractivity contribution in [3.63, 3.8) is 0 Å². The molecule has 0 aromatic heterocycles. The molecule has 0 bridgehead atoms. The zero-order valence-corrected chi connectivity index (χ0v) is 13.5. The normalized spacial score (nSPS) is 9.91. The maximum Gasteiger partial charge on any atom is 0.259 e. The monoisotopic (exact) mass is 317 g/mol. The maximum absolute atomic E-state index is 12.5. The Morgan fingerprint density at radius 1 is 0.783 bits per heavy atom. The first-order valence-electron chi connectivity index (χ1n) is 6.88. The minimum Gasteiger partial charge on any atom is -0.497 e. The average Bonchev–Trinajstić information content (AvgIpc) is 2.60. The highest BCUT2D eigenvalue weighted by Crippen LogP contribution is 2.35. The molecule has 122 valence electrons. The van der Waals surface area contributed by atoms with Gasteiger partial charge in [-0.3, -0.25) is 4.79 Å². The minimum atomic E-state index is -0.312. The van der Waals surface area contributed by atoms with Crippen LogP contribution < -0.4 is 24.3 Å². The van der Waals surface area contributed by atoms with E-state index in [9.17, 15) is 4.79 Å². The zero-order chi connectivity index (χ0) is 16.8. The van der Waals surface area contributed by atoms with Gasteiger partial charge < -0.3 is 24.3 Å². The van der Waals surface area contributed by atoms with E-state index in [2.05, 4.69) is 5.32 Å². The molecule has 2 aromatic carbocycles. The number of nitrogens with one attached hydrogen (secondary N) is 1. The average molecular weight is 317 g/mol. The number of amides is 1. The van der Waals surface area contributed by atoms with E-state index < -0.39 is 0 Å². The van der Waals surface area contributed by atoms with E-state index in [0.29, 0.717) is 34.2 Å². The van der Waals surface area contributed by atoms with Crippen LogP contribution in [0.2, 0.25) is 0 Å². The smallest absolute Gasteiger partial charge is 0.259 e. The Bertz CT molecular complexity index is 682. The van der Waals surface area contributed by atoms with Gasteiger partial charge >= 0.3 is 0 Å². The van der Waals surface area contributed by atoms with Gasteiger partial charge in [0.1, 0.15) is 11.5 Å². The third-order valence-corrected chi connectivity index (χ3v) is 3.30. The molecule has 0 heterocycles. The van der Waals surface area contributed by atoms with Crippen molar-refractivity contribution in [1.82, 2.24) is 0 Å². The van der Waals surface area contributed by atoms with E-state index in [1.54, 1.807) is 43.5 Å². The Morgan fingerprint density at radius 3 is 1.87 bits per heavy atom. The van der Waals surface area contributed by atoms with Gasteiger partial charge in [-0.15, -0.1) is 0 Å². The van der Waals surface area contributed by atoms with E-state index in [-0.39, 0.29) is 5.91 Å². The first-order valence-corrected chi connectivity index (χ1v) is 6.88. The summed E-state index contributed by atoms with van der Waals surface area (Å²) in [6.45, 7) is 0. The predicted octanol–water partition coefficient (Wildman–Crippen LogP) is 2.97.